The molecule has 0 saturated heterocycles. The fraction of sp³-hybridized carbons (Fsp3) is 0.0500. The monoisotopic (exact) mass is 528 g/mol. The second-order valence-electron chi connectivity index (χ2n) is 6.40. The van der Waals surface area contributed by atoms with Gasteiger partial charge < -0.3 is 5.32 Å². The lowest BCUT2D eigenvalue weighted by Gasteiger charge is -2.12. The van der Waals surface area contributed by atoms with Crippen molar-refractivity contribution in [2.24, 2.45) is 0 Å². The summed E-state index contributed by atoms with van der Waals surface area (Å²) < 4.78 is 42.5. The molecule has 2 heterocycles. The van der Waals surface area contributed by atoms with Crippen molar-refractivity contribution in [2.45, 2.75) is 6.18 Å². The van der Waals surface area contributed by atoms with Crippen molar-refractivity contribution in [2.75, 3.05) is 5.32 Å². The Kier molecular flexibility index (Phi) is 5.67. The number of nitrogens with zero attached hydrogens (tertiary/aromatic N) is 3. The molecule has 0 aliphatic rings. The highest BCUT2D eigenvalue weighted by Crippen LogP contribution is 2.33. The van der Waals surface area contributed by atoms with Gasteiger partial charge in [0.25, 0.3) is 5.91 Å². The summed E-state index contributed by atoms with van der Waals surface area (Å²) >= 11 is 15.2. The molecule has 0 spiro atoms. The van der Waals surface area contributed by atoms with E-state index in [4.69, 9.17) is 23.2 Å². The van der Waals surface area contributed by atoms with Crippen LogP contribution in [0.5, 0.6) is 0 Å². The summed E-state index contributed by atoms with van der Waals surface area (Å²) in [6.07, 6.45) is -3.69. The van der Waals surface area contributed by atoms with Crippen molar-refractivity contribution >= 4 is 56.4 Å². The van der Waals surface area contributed by atoms with Crippen molar-refractivity contribution in [1.82, 2.24) is 14.6 Å². The molecule has 0 aliphatic carbocycles. The van der Waals surface area contributed by atoms with Crippen LogP contribution in [0, 0.1) is 0 Å². The van der Waals surface area contributed by atoms with Crippen LogP contribution in [0.1, 0.15) is 16.1 Å². The van der Waals surface area contributed by atoms with Crippen LogP contribution in [0.3, 0.4) is 0 Å². The molecule has 2 aromatic heterocycles. The van der Waals surface area contributed by atoms with Crippen LogP contribution in [0.15, 0.2) is 59.2 Å². The molecule has 4 rings (SSSR count). The Bertz CT molecular complexity index is 1310. The van der Waals surface area contributed by atoms with Crippen LogP contribution in [0.4, 0.5) is 18.9 Å². The average Bonchev–Trinajstić information content (AvgIpc) is 3.13. The number of alkyl halides is 3. The maximum Gasteiger partial charge on any atom is 0.433 e. The minimum Gasteiger partial charge on any atom is -0.320 e. The van der Waals surface area contributed by atoms with E-state index in [-0.39, 0.29) is 27.6 Å². The van der Waals surface area contributed by atoms with Gasteiger partial charge >= 0.3 is 6.18 Å². The third-order valence-electron chi connectivity index (χ3n) is 4.33. The number of aromatic nitrogens is 3. The van der Waals surface area contributed by atoms with E-state index in [1.54, 1.807) is 24.3 Å². The number of carbonyl (C=O) groups is 1. The Morgan fingerprint density at radius 3 is 2.42 bits per heavy atom. The second kappa shape index (κ2) is 8.14. The van der Waals surface area contributed by atoms with Crippen LogP contribution in [0.2, 0.25) is 10.0 Å². The highest BCUT2D eigenvalue weighted by molar-refractivity contribution is 9.10. The summed E-state index contributed by atoms with van der Waals surface area (Å²) in [5.74, 6) is -0.715. The third-order valence-corrected chi connectivity index (χ3v) is 5.40. The van der Waals surface area contributed by atoms with E-state index < -0.39 is 17.8 Å². The number of benzene rings is 2. The molecule has 31 heavy (non-hydrogen) atoms. The first-order valence-corrected chi connectivity index (χ1v) is 10.2. The maximum atomic E-state index is 13.7. The molecule has 5 nitrogen and oxygen atoms in total. The Morgan fingerprint density at radius 1 is 1.06 bits per heavy atom. The minimum absolute atomic E-state index is 0.0476. The normalized spacial score (nSPS) is 11.7. The number of fused-ring (bicyclic) bond motifs is 1. The van der Waals surface area contributed by atoms with Crippen molar-refractivity contribution in [3.8, 4) is 11.3 Å². The van der Waals surface area contributed by atoms with E-state index in [0.717, 1.165) is 16.7 Å². The summed E-state index contributed by atoms with van der Waals surface area (Å²) in [6.45, 7) is 0. The van der Waals surface area contributed by atoms with Gasteiger partial charge in [-0.15, -0.1) is 0 Å². The van der Waals surface area contributed by atoms with Gasteiger partial charge in [-0.05, 0) is 36.4 Å². The van der Waals surface area contributed by atoms with E-state index in [1.165, 1.54) is 18.2 Å². The first-order valence-electron chi connectivity index (χ1n) is 8.62. The zero-order valence-electron chi connectivity index (χ0n) is 15.2. The predicted octanol–water partition coefficient (Wildman–Crippen LogP) is 6.74. The summed E-state index contributed by atoms with van der Waals surface area (Å²) in [5, 5.41) is 6.84. The van der Waals surface area contributed by atoms with E-state index >= 15 is 0 Å². The van der Waals surface area contributed by atoms with Crippen molar-refractivity contribution in [3.63, 3.8) is 0 Å². The van der Waals surface area contributed by atoms with Crippen LogP contribution in [0.25, 0.3) is 16.9 Å². The van der Waals surface area contributed by atoms with Gasteiger partial charge in [0.15, 0.2) is 11.3 Å². The molecule has 0 aliphatic heterocycles. The Hall–Kier alpha value is -2.62. The van der Waals surface area contributed by atoms with Crippen LogP contribution >= 0.6 is 39.1 Å². The summed E-state index contributed by atoms with van der Waals surface area (Å²) in [4.78, 5) is 17.1. The molecular weight excluding hydrogens is 520 g/mol. The van der Waals surface area contributed by atoms with Crippen molar-refractivity contribution < 1.29 is 18.0 Å². The minimum atomic E-state index is -4.72. The van der Waals surface area contributed by atoms with Crippen LogP contribution in [-0.2, 0) is 6.18 Å². The summed E-state index contributed by atoms with van der Waals surface area (Å²) in [5.41, 5.74) is -0.698. The lowest BCUT2D eigenvalue weighted by atomic mass is 10.1. The number of carbonyl (C=O) groups excluding carboxylic acids is 1. The molecule has 1 N–H and O–H groups in total. The SMILES string of the molecule is O=C(Nc1ccc(Cl)cc1Cl)c1cnn2c(C(F)(F)F)cc(-c3ccc(Br)cc3)nc12. The smallest absolute Gasteiger partial charge is 0.320 e. The number of halogens is 6. The zero-order valence-corrected chi connectivity index (χ0v) is 18.3. The number of hydrogen-bond donors (Lipinski definition) is 1. The van der Waals surface area contributed by atoms with Gasteiger partial charge in [0.05, 0.1) is 22.6 Å². The Morgan fingerprint density at radius 2 is 1.77 bits per heavy atom. The maximum absolute atomic E-state index is 13.7. The topological polar surface area (TPSA) is 59.3 Å². The molecule has 1 amide bonds. The van der Waals surface area contributed by atoms with Gasteiger partial charge in [-0.2, -0.15) is 18.3 Å². The number of rotatable bonds is 3. The highest BCUT2D eigenvalue weighted by Gasteiger charge is 2.36. The fourth-order valence-corrected chi connectivity index (χ4v) is 3.59. The summed E-state index contributed by atoms with van der Waals surface area (Å²) in [7, 11) is 0. The lowest BCUT2D eigenvalue weighted by molar-refractivity contribution is -0.142. The van der Waals surface area contributed by atoms with Gasteiger partial charge in [0, 0.05) is 15.1 Å². The van der Waals surface area contributed by atoms with Gasteiger partial charge in [0.2, 0.25) is 0 Å². The van der Waals surface area contributed by atoms with Gasteiger partial charge in [-0.1, -0.05) is 51.3 Å². The van der Waals surface area contributed by atoms with Gasteiger partial charge in [-0.3, -0.25) is 4.79 Å². The average molecular weight is 530 g/mol. The third kappa shape index (κ3) is 4.39. The molecule has 4 aromatic rings. The van der Waals surface area contributed by atoms with Crippen LogP contribution in [-0.4, -0.2) is 20.5 Å². The van der Waals surface area contributed by atoms with Crippen molar-refractivity contribution in [1.29, 1.82) is 0 Å². The standard InChI is InChI=1S/C20H10BrCl2F3N4O/c21-11-3-1-10(2-4-11)16-8-17(20(24,25)26)30-18(28-16)13(9-27-30)19(31)29-15-6-5-12(22)7-14(15)23/h1-9H,(H,29,31). The molecule has 0 fully saturated rings. The van der Waals surface area contributed by atoms with Crippen LogP contribution < -0.4 is 5.32 Å². The fourth-order valence-electron chi connectivity index (χ4n) is 2.87. The molecular formula is C20H10BrCl2F3N4O. The molecule has 0 unspecified atom stereocenters. The molecule has 158 valence electrons. The zero-order chi connectivity index (χ0) is 22.3. The molecule has 0 atom stereocenters. The van der Waals surface area contributed by atoms with Gasteiger partial charge in [0.1, 0.15) is 5.56 Å². The molecule has 0 radical (unpaired) electrons. The quantitative estimate of drug-likeness (QED) is 0.320. The molecule has 11 heteroatoms. The molecule has 0 saturated carbocycles. The number of amides is 1. The Balaban J connectivity index is 1.84. The van der Waals surface area contributed by atoms with E-state index in [1.807, 2.05) is 0 Å². The van der Waals surface area contributed by atoms with E-state index in [9.17, 15) is 18.0 Å². The Labute approximate surface area is 191 Å². The highest BCUT2D eigenvalue weighted by atomic mass is 79.9. The predicted molar refractivity (Wildman–Crippen MR) is 116 cm³/mol. The lowest BCUT2D eigenvalue weighted by Crippen LogP contribution is -2.16. The largest absolute Gasteiger partial charge is 0.433 e. The van der Waals surface area contributed by atoms with E-state index in [0.29, 0.717) is 15.1 Å². The molecule has 2 aromatic carbocycles. The van der Waals surface area contributed by atoms with Gasteiger partial charge in [-0.25, -0.2) is 9.50 Å². The number of hydrogen-bond acceptors (Lipinski definition) is 3. The summed E-state index contributed by atoms with van der Waals surface area (Å²) in [6, 6.07) is 11.9. The first kappa shape index (κ1) is 21.6. The number of nitrogens with one attached hydrogen (secondary N) is 1. The second-order valence-corrected chi connectivity index (χ2v) is 8.16. The van der Waals surface area contributed by atoms with E-state index in [2.05, 4.69) is 31.3 Å². The first-order chi connectivity index (χ1) is 14.6. The number of anilines is 1. The molecule has 0 bridgehead atoms. The van der Waals surface area contributed by atoms with Crippen molar-refractivity contribution in [3.05, 3.63) is 80.5 Å².